The van der Waals surface area contributed by atoms with Crippen molar-refractivity contribution in [3.63, 3.8) is 0 Å². The molecule has 3 rings (SSSR count). The molecule has 4 N–H and O–H groups in total. The standard InChI is InChI=1S/C16H19FN4/c1-4-12-16-13(5-8(2)21-18)20-14-7-10(17)6-11(15(14)16)9(3)19-12/h6-8,20-21H,3-5,18H2,1-2H3. The molecule has 1 unspecified atom stereocenters. The fraction of sp³-hybridized carbons (Fsp3) is 0.312. The van der Waals surface area contributed by atoms with E-state index in [0.29, 0.717) is 5.35 Å². The van der Waals surface area contributed by atoms with Crippen LogP contribution in [-0.4, -0.2) is 16.0 Å². The normalized spacial score (nSPS) is 13.3. The summed E-state index contributed by atoms with van der Waals surface area (Å²) in [6.45, 7) is 8.03. The lowest BCUT2D eigenvalue weighted by molar-refractivity contribution is 0.564. The van der Waals surface area contributed by atoms with Crippen LogP contribution in [0, 0.1) is 5.82 Å². The van der Waals surface area contributed by atoms with Crippen LogP contribution >= 0.6 is 0 Å². The van der Waals surface area contributed by atoms with Crippen molar-refractivity contribution in [2.75, 3.05) is 0 Å². The number of halogens is 1. The maximum absolute atomic E-state index is 13.8. The number of nitrogens with zero attached hydrogens (tertiary/aromatic N) is 1. The zero-order valence-electron chi connectivity index (χ0n) is 12.3. The van der Waals surface area contributed by atoms with Gasteiger partial charge in [0.2, 0.25) is 0 Å². The van der Waals surface area contributed by atoms with E-state index in [1.165, 1.54) is 12.1 Å². The van der Waals surface area contributed by atoms with E-state index >= 15 is 0 Å². The van der Waals surface area contributed by atoms with E-state index in [9.17, 15) is 4.39 Å². The van der Waals surface area contributed by atoms with Gasteiger partial charge >= 0.3 is 0 Å². The van der Waals surface area contributed by atoms with Gasteiger partial charge in [-0.05, 0) is 25.5 Å². The zero-order chi connectivity index (χ0) is 15.1. The van der Waals surface area contributed by atoms with Crippen LogP contribution in [0.15, 0.2) is 12.1 Å². The van der Waals surface area contributed by atoms with Crippen LogP contribution in [0.4, 0.5) is 4.39 Å². The quantitative estimate of drug-likeness (QED) is 0.507. The van der Waals surface area contributed by atoms with Gasteiger partial charge in [-0.2, -0.15) is 0 Å². The van der Waals surface area contributed by atoms with Gasteiger partial charge in [0.25, 0.3) is 0 Å². The third-order valence-electron chi connectivity index (χ3n) is 3.94. The summed E-state index contributed by atoms with van der Waals surface area (Å²) in [4.78, 5) is 7.89. The first-order valence-corrected chi connectivity index (χ1v) is 7.12. The number of aromatic amines is 1. The van der Waals surface area contributed by atoms with E-state index < -0.39 is 0 Å². The second kappa shape index (κ2) is 5.09. The average molecular weight is 286 g/mol. The number of rotatable bonds is 4. The third kappa shape index (κ3) is 2.18. The molecule has 1 atom stereocenters. The Balaban J connectivity index is 2.40. The molecular formula is C16H19FN4. The van der Waals surface area contributed by atoms with E-state index in [2.05, 4.69) is 28.9 Å². The Morgan fingerprint density at radius 1 is 1.43 bits per heavy atom. The minimum atomic E-state index is -0.279. The van der Waals surface area contributed by atoms with Gasteiger partial charge in [-0.25, -0.2) is 4.39 Å². The molecule has 0 aliphatic heterocycles. The third-order valence-corrected chi connectivity index (χ3v) is 3.94. The summed E-state index contributed by atoms with van der Waals surface area (Å²) < 4.78 is 13.8. The zero-order valence-corrected chi connectivity index (χ0v) is 12.3. The predicted molar refractivity (Wildman–Crippen MR) is 84.2 cm³/mol. The van der Waals surface area contributed by atoms with Crippen LogP contribution in [0.5, 0.6) is 0 Å². The van der Waals surface area contributed by atoms with Crippen molar-refractivity contribution in [3.8, 4) is 0 Å². The van der Waals surface area contributed by atoms with E-state index in [1.54, 1.807) is 0 Å². The molecule has 0 fully saturated rings. The molecule has 4 nitrogen and oxygen atoms in total. The Labute approximate surface area is 122 Å². The van der Waals surface area contributed by atoms with Crippen LogP contribution in [0.25, 0.3) is 28.3 Å². The van der Waals surface area contributed by atoms with Gasteiger partial charge in [0.1, 0.15) is 5.82 Å². The van der Waals surface area contributed by atoms with Gasteiger partial charge in [-0.3, -0.25) is 16.3 Å². The van der Waals surface area contributed by atoms with Crippen molar-refractivity contribution >= 4 is 28.3 Å². The lowest BCUT2D eigenvalue weighted by Crippen LogP contribution is -2.34. The Hall–Kier alpha value is -1.98. The highest BCUT2D eigenvalue weighted by Gasteiger charge is 2.17. The lowest BCUT2D eigenvalue weighted by Gasteiger charge is -2.10. The second-order valence-electron chi connectivity index (χ2n) is 5.49. The summed E-state index contributed by atoms with van der Waals surface area (Å²) in [7, 11) is 0. The summed E-state index contributed by atoms with van der Waals surface area (Å²) in [5.41, 5.74) is 5.56. The average Bonchev–Trinajstić information content (AvgIpc) is 2.80. The van der Waals surface area contributed by atoms with E-state index in [1.807, 2.05) is 6.92 Å². The SMILES string of the molecule is C=c1nc(CC)c2c(CC(C)NN)[nH]c3cc(F)cc1c32. The Kier molecular flexibility index (Phi) is 3.39. The Morgan fingerprint density at radius 2 is 2.19 bits per heavy atom. The number of nitrogens with one attached hydrogen (secondary N) is 2. The topological polar surface area (TPSA) is 66.7 Å². The van der Waals surface area contributed by atoms with Crippen molar-refractivity contribution < 1.29 is 4.39 Å². The van der Waals surface area contributed by atoms with Crippen molar-refractivity contribution in [1.29, 1.82) is 0 Å². The van der Waals surface area contributed by atoms with Gasteiger partial charge in [-0.15, -0.1) is 0 Å². The molecule has 0 aliphatic rings. The number of aryl methyl sites for hydroxylation is 1. The maximum atomic E-state index is 13.8. The fourth-order valence-electron chi connectivity index (χ4n) is 2.95. The molecule has 0 aliphatic carbocycles. The number of benzene rings is 1. The molecule has 110 valence electrons. The summed E-state index contributed by atoms with van der Waals surface area (Å²) in [5, 5.41) is 3.50. The van der Waals surface area contributed by atoms with Crippen LogP contribution in [-0.2, 0) is 12.8 Å². The fourth-order valence-corrected chi connectivity index (χ4v) is 2.95. The minimum absolute atomic E-state index is 0.117. The molecule has 21 heavy (non-hydrogen) atoms. The van der Waals surface area contributed by atoms with Crippen LogP contribution in [0.2, 0.25) is 0 Å². The molecule has 0 saturated carbocycles. The molecule has 2 aromatic heterocycles. The lowest BCUT2D eigenvalue weighted by atomic mass is 10.0. The summed E-state index contributed by atoms with van der Waals surface area (Å²) in [6, 6.07) is 3.15. The molecule has 5 heteroatoms. The molecule has 2 heterocycles. The van der Waals surface area contributed by atoms with Crippen molar-refractivity contribution in [2.24, 2.45) is 5.84 Å². The van der Waals surface area contributed by atoms with Gasteiger partial charge in [0, 0.05) is 39.8 Å². The molecular weight excluding hydrogens is 267 g/mol. The minimum Gasteiger partial charge on any atom is -0.358 e. The number of pyridine rings is 1. The van der Waals surface area contributed by atoms with Gasteiger partial charge < -0.3 is 4.98 Å². The van der Waals surface area contributed by atoms with E-state index in [4.69, 9.17) is 5.84 Å². The van der Waals surface area contributed by atoms with Crippen LogP contribution in [0.1, 0.15) is 25.2 Å². The Bertz CT molecular complexity index is 853. The Morgan fingerprint density at radius 3 is 2.86 bits per heavy atom. The van der Waals surface area contributed by atoms with E-state index in [0.717, 1.165) is 45.9 Å². The molecule has 0 radical (unpaired) electrons. The molecule has 1 aromatic carbocycles. The number of hydrogen-bond acceptors (Lipinski definition) is 3. The molecule has 0 saturated heterocycles. The smallest absolute Gasteiger partial charge is 0.125 e. The van der Waals surface area contributed by atoms with Crippen molar-refractivity contribution in [3.05, 3.63) is 34.7 Å². The summed E-state index contributed by atoms with van der Waals surface area (Å²) >= 11 is 0. The highest BCUT2D eigenvalue weighted by molar-refractivity contribution is 6.11. The van der Waals surface area contributed by atoms with Crippen LogP contribution < -0.4 is 16.6 Å². The van der Waals surface area contributed by atoms with Crippen molar-refractivity contribution in [2.45, 2.75) is 32.7 Å². The predicted octanol–water partition coefficient (Wildman–Crippen LogP) is 1.94. The monoisotopic (exact) mass is 286 g/mol. The second-order valence-corrected chi connectivity index (χ2v) is 5.49. The molecule has 0 amide bonds. The van der Waals surface area contributed by atoms with E-state index in [-0.39, 0.29) is 11.9 Å². The first kappa shape index (κ1) is 14.0. The molecule has 0 bridgehead atoms. The number of hydrogen-bond donors (Lipinski definition) is 3. The first-order valence-electron chi connectivity index (χ1n) is 7.12. The van der Waals surface area contributed by atoms with Crippen LogP contribution in [0.3, 0.4) is 0 Å². The highest BCUT2D eigenvalue weighted by Crippen LogP contribution is 2.31. The van der Waals surface area contributed by atoms with Gasteiger partial charge in [0.15, 0.2) is 0 Å². The summed E-state index contributed by atoms with van der Waals surface area (Å²) in [5.74, 6) is 5.22. The van der Waals surface area contributed by atoms with Gasteiger partial charge in [-0.1, -0.05) is 13.5 Å². The number of H-pyrrole nitrogens is 1. The number of aromatic nitrogens is 2. The first-order chi connectivity index (χ1) is 10.0. The highest BCUT2D eigenvalue weighted by atomic mass is 19.1. The number of nitrogens with two attached hydrogens (primary N) is 1. The largest absolute Gasteiger partial charge is 0.358 e. The molecule has 3 aromatic rings. The maximum Gasteiger partial charge on any atom is 0.125 e. The summed E-state index contributed by atoms with van der Waals surface area (Å²) in [6.07, 6.45) is 1.54. The van der Waals surface area contributed by atoms with Crippen molar-refractivity contribution in [1.82, 2.24) is 15.4 Å². The number of hydrazine groups is 1. The van der Waals surface area contributed by atoms with Gasteiger partial charge in [0.05, 0.1) is 11.0 Å². The molecule has 0 spiro atoms.